The topological polar surface area (TPSA) is 76.7 Å². The lowest BCUT2D eigenvalue weighted by Crippen LogP contribution is -2.09. The highest BCUT2D eigenvalue weighted by Crippen LogP contribution is 2.28. The third-order valence-corrected chi connectivity index (χ3v) is 4.89. The summed E-state index contributed by atoms with van der Waals surface area (Å²) in [7, 11) is 0. The summed E-state index contributed by atoms with van der Waals surface area (Å²) in [5, 5.41) is 12.8. The van der Waals surface area contributed by atoms with Crippen molar-refractivity contribution in [3.05, 3.63) is 90.5 Å². The van der Waals surface area contributed by atoms with Crippen LogP contribution < -0.4 is 5.32 Å². The van der Waals surface area contributed by atoms with Crippen molar-refractivity contribution in [2.75, 3.05) is 5.32 Å². The monoisotopic (exact) mass is 393 g/mol. The number of anilines is 1. The van der Waals surface area contributed by atoms with Crippen molar-refractivity contribution < 1.29 is 4.42 Å². The third kappa shape index (κ3) is 3.51. The molecular weight excluding hydrogens is 374 g/mol. The zero-order valence-electron chi connectivity index (χ0n) is 16.4. The zero-order valence-corrected chi connectivity index (χ0v) is 16.4. The Morgan fingerprint density at radius 1 is 0.733 bits per heavy atom. The summed E-state index contributed by atoms with van der Waals surface area (Å²) in [6.45, 7) is 2.10. The maximum absolute atomic E-state index is 5.87. The largest absolute Gasteiger partial charge is 0.413 e. The Hall–Kier alpha value is -4.06. The number of hydrogen-bond acceptors (Lipinski definition) is 6. The van der Waals surface area contributed by atoms with Crippen molar-refractivity contribution in [1.82, 2.24) is 20.2 Å². The predicted octanol–water partition coefficient (Wildman–Crippen LogP) is 5.52. The van der Waals surface area contributed by atoms with Crippen LogP contribution in [0, 0.1) is 0 Å². The maximum Gasteiger partial charge on any atom is 0.286 e. The van der Waals surface area contributed by atoms with E-state index in [4.69, 9.17) is 9.40 Å². The lowest BCUT2D eigenvalue weighted by molar-refractivity contribution is 0.579. The number of rotatable bonds is 5. The van der Waals surface area contributed by atoms with Gasteiger partial charge in [-0.05, 0) is 36.8 Å². The highest BCUT2D eigenvalue weighted by molar-refractivity contribution is 5.90. The van der Waals surface area contributed by atoms with Crippen molar-refractivity contribution >= 4 is 16.7 Å². The molecule has 0 aliphatic carbocycles. The van der Waals surface area contributed by atoms with E-state index in [0.29, 0.717) is 11.7 Å². The van der Waals surface area contributed by atoms with Gasteiger partial charge in [0.25, 0.3) is 5.89 Å². The van der Waals surface area contributed by atoms with Crippen molar-refractivity contribution in [2.24, 2.45) is 0 Å². The molecule has 1 atom stereocenters. The summed E-state index contributed by atoms with van der Waals surface area (Å²) in [6.07, 6.45) is 0. The Morgan fingerprint density at radius 2 is 1.40 bits per heavy atom. The van der Waals surface area contributed by atoms with Crippen molar-refractivity contribution in [2.45, 2.75) is 13.0 Å². The summed E-state index contributed by atoms with van der Waals surface area (Å²) in [5.41, 5.74) is 2.84. The molecule has 2 aromatic heterocycles. The van der Waals surface area contributed by atoms with Crippen LogP contribution in [0.5, 0.6) is 0 Å². The van der Waals surface area contributed by atoms with Crippen molar-refractivity contribution in [1.29, 1.82) is 0 Å². The first-order valence-electron chi connectivity index (χ1n) is 9.75. The number of benzene rings is 3. The molecule has 0 spiro atoms. The maximum atomic E-state index is 5.87. The number of fused-ring (bicyclic) bond motifs is 1. The molecule has 2 heterocycles. The lowest BCUT2D eigenvalue weighted by Gasteiger charge is -2.16. The van der Waals surface area contributed by atoms with Crippen molar-refractivity contribution in [3.8, 4) is 23.2 Å². The summed E-state index contributed by atoms with van der Waals surface area (Å²) in [6, 6.07) is 27.8. The Balaban J connectivity index is 1.55. The first-order valence-corrected chi connectivity index (χ1v) is 9.75. The molecule has 0 saturated heterocycles. The molecule has 0 aliphatic rings. The highest BCUT2D eigenvalue weighted by atomic mass is 16.4. The van der Waals surface area contributed by atoms with Gasteiger partial charge in [0.05, 0.1) is 5.52 Å². The molecule has 0 aliphatic heterocycles. The fourth-order valence-electron chi connectivity index (χ4n) is 3.32. The van der Waals surface area contributed by atoms with Gasteiger partial charge in [-0.25, -0.2) is 9.97 Å². The van der Waals surface area contributed by atoms with Crippen LogP contribution in [0.3, 0.4) is 0 Å². The van der Waals surface area contributed by atoms with E-state index in [0.717, 1.165) is 22.3 Å². The van der Waals surface area contributed by atoms with Gasteiger partial charge in [-0.15, -0.1) is 10.2 Å². The van der Waals surface area contributed by atoms with Gasteiger partial charge in [-0.1, -0.05) is 60.7 Å². The SMILES string of the molecule is CC(Nc1nc(-c2nnc(-c3ccccc3)o2)nc2ccccc12)c1ccccc1. The molecular formula is C24H19N5O. The first kappa shape index (κ1) is 18.0. The van der Waals surface area contributed by atoms with Gasteiger partial charge >= 0.3 is 0 Å². The fraction of sp³-hybridized carbons (Fsp3) is 0.0833. The summed E-state index contributed by atoms with van der Waals surface area (Å²) >= 11 is 0. The number of hydrogen-bond donors (Lipinski definition) is 1. The van der Waals surface area contributed by atoms with Crippen LogP contribution in [0.25, 0.3) is 34.1 Å². The van der Waals surface area contributed by atoms with Crippen LogP contribution in [0.2, 0.25) is 0 Å². The lowest BCUT2D eigenvalue weighted by atomic mass is 10.1. The van der Waals surface area contributed by atoms with E-state index < -0.39 is 0 Å². The highest BCUT2D eigenvalue weighted by Gasteiger charge is 2.17. The summed E-state index contributed by atoms with van der Waals surface area (Å²) in [4.78, 5) is 9.37. The second-order valence-corrected chi connectivity index (χ2v) is 6.97. The van der Waals surface area contributed by atoms with Gasteiger partial charge in [0, 0.05) is 17.0 Å². The Labute approximate surface area is 173 Å². The van der Waals surface area contributed by atoms with Crippen LogP contribution in [-0.2, 0) is 0 Å². The van der Waals surface area contributed by atoms with Gasteiger partial charge in [0.2, 0.25) is 11.7 Å². The molecule has 0 bridgehead atoms. The second kappa shape index (κ2) is 7.75. The molecule has 5 rings (SSSR count). The molecule has 0 fully saturated rings. The van der Waals surface area contributed by atoms with E-state index in [2.05, 4.69) is 39.6 Å². The van der Waals surface area contributed by atoms with Crippen LogP contribution >= 0.6 is 0 Å². The fourth-order valence-corrected chi connectivity index (χ4v) is 3.32. The Kier molecular flexibility index (Phi) is 4.65. The number of nitrogens with zero attached hydrogens (tertiary/aromatic N) is 4. The molecule has 1 unspecified atom stereocenters. The number of para-hydroxylation sites is 1. The van der Waals surface area contributed by atoms with Gasteiger partial charge in [0.15, 0.2) is 0 Å². The van der Waals surface area contributed by atoms with Crippen LogP contribution in [0.4, 0.5) is 5.82 Å². The minimum absolute atomic E-state index is 0.0694. The molecule has 5 aromatic rings. The molecule has 30 heavy (non-hydrogen) atoms. The standard InChI is InChI=1S/C24H19N5O/c1-16(17-10-4-2-5-11-17)25-21-19-14-8-9-15-20(19)26-22(27-21)24-29-28-23(30-24)18-12-6-3-7-13-18/h2-16H,1H3,(H,25,26,27). The van der Waals surface area contributed by atoms with E-state index in [1.807, 2.05) is 72.8 Å². The molecule has 6 nitrogen and oxygen atoms in total. The summed E-state index contributed by atoms with van der Waals surface area (Å²) in [5.74, 6) is 1.85. The molecule has 0 amide bonds. The van der Waals surface area contributed by atoms with E-state index >= 15 is 0 Å². The summed E-state index contributed by atoms with van der Waals surface area (Å²) < 4.78 is 5.87. The average Bonchev–Trinajstić information content (AvgIpc) is 3.31. The molecule has 0 radical (unpaired) electrons. The molecule has 6 heteroatoms. The normalized spacial score (nSPS) is 12.0. The Morgan fingerprint density at radius 3 is 2.20 bits per heavy atom. The van der Waals surface area contributed by atoms with Crippen LogP contribution in [-0.4, -0.2) is 20.2 Å². The molecule has 3 aromatic carbocycles. The molecule has 1 N–H and O–H groups in total. The van der Waals surface area contributed by atoms with Crippen LogP contribution in [0.1, 0.15) is 18.5 Å². The predicted molar refractivity (Wildman–Crippen MR) is 117 cm³/mol. The minimum atomic E-state index is 0.0694. The minimum Gasteiger partial charge on any atom is -0.413 e. The molecule has 146 valence electrons. The van der Waals surface area contributed by atoms with Gasteiger partial charge in [-0.2, -0.15) is 0 Å². The van der Waals surface area contributed by atoms with Gasteiger partial charge in [-0.3, -0.25) is 0 Å². The van der Waals surface area contributed by atoms with E-state index in [1.54, 1.807) is 0 Å². The molecule has 0 saturated carbocycles. The smallest absolute Gasteiger partial charge is 0.286 e. The van der Waals surface area contributed by atoms with E-state index in [-0.39, 0.29) is 11.9 Å². The van der Waals surface area contributed by atoms with Gasteiger partial charge in [0.1, 0.15) is 5.82 Å². The second-order valence-electron chi connectivity index (χ2n) is 6.97. The zero-order chi connectivity index (χ0) is 20.3. The van der Waals surface area contributed by atoms with E-state index in [1.165, 1.54) is 5.56 Å². The van der Waals surface area contributed by atoms with Crippen LogP contribution in [0.15, 0.2) is 89.3 Å². The van der Waals surface area contributed by atoms with Crippen molar-refractivity contribution in [3.63, 3.8) is 0 Å². The number of nitrogens with one attached hydrogen (secondary N) is 1. The van der Waals surface area contributed by atoms with Gasteiger partial charge < -0.3 is 9.73 Å². The third-order valence-electron chi connectivity index (χ3n) is 4.89. The first-order chi connectivity index (χ1) is 14.8. The Bertz CT molecular complexity index is 1290. The number of aromatic nitrogens is 4. The van der Waals surface area contributed by atoms with E-state index in [9.17, 15) is 0 Å². The average molecular weight is 393 g/mol. The quantitative estimate of drug-likeness (QED) is 0.424.